The first-order valence-electron chi connectivity index (χ1n) is 2.74. The minimum atomic E-state index is -1.99. The number of carbonyl (C=O) groups excluding carboxylic acids is 1. The van der Waals surface area contributed by atoms with Crippen LogP contribution in [0.4, 0.5) is 9.59 Å². The summed E-state index contributed by atoms with van der Waals surface area (Å²) >= 11 is 0. The molecule has 0 saturated carbocycles. The van der Waals surface area contributed by atoms with Crippen LogP contribution in [0.1, 0.15) is 0 Å². The van der Waals surface area contributed by atoms with Crippen molar-refractivity contribution in [1.82, 2.24) is 10.2 Å². The maximum Gasteiger partial charge on any atom is 0.532 e. The Kier molecular flexibility index (Phi) is 3.60. The smallest absolute Gasteiger partial charge is 0.448 e. The highest BCUT2D eigenvalue weighted by Gasteiger charge is 2.30. The summed E-state index contributed by atoms with van der Waals surface area (Å²) in [4.78, 5) is 34.0. The first-order valence-corrected chi connectivity index (χ1v) is 2.74. The van der Waals surface area contributed by atoms with Gasteiger partial charge in [0.1, 0.15) is 0 Å². The molecule has 0 unspecified atom stereocenters. The third-order valence-corrected chi connectivity index (χ3v) is 0.806. The molecule has 76 valence electrons. The molecule has 0 aliphatic heterocycles. The molecule has 11 nitrogen and oxygen atoms in total. The van der Waals surface area contributed by atoms with Gasteiger partial charge in [-0.1, -0.05) is 0 Å². The van der Waals surface area contributed by atoms with E-state index in [2.05, 4.69) is 10.7 Å². The van der Waals surface area contributed by atoms with Gasteiger partial charge in [0.2, 0.25) is 6.19 Å². The summed E-state index contributed by atoms with van der Waals surface area (Å²) in [7, 11) is 0. The number of nitrogens with two attached hydrogens (primary N) is 1. The second-order valence-electron chi connectivity index (χ2n) is 1.62. The van der Waals surface area contributed by atoms with E-state index < -0.39 is 27.4 Å². The number of carboxylic acid groups (broad SMARTS) is 1. The van der Waals surface area contributed by atoms with Crippen LogP contribution < -0.4 is 5.84 Å². The van der Waals surface area contributed by atoms with Gasteiger partial charge in [-0.2, -0.15) is 11.1 Å². The van der Waals surface area contributed by atoms with Crippen molar-refractivity contribution in [3.63, 3.8) is 0 Å². The molecule has 0 spiro atoms. The number of hydrogen-bond acceptors (Lipinski definition) is 7. The van der Waals surface area contributed by atoms with Gasteiger partial charge in [-0.25, -0.2) is 19.7 Å². The van der Waals surface area contributed by atoms with Crippen LogP contribution in [0.2, 0.25) is 0 Å². The maximum atomic E-state index is 10.7. The summed E-state index contributed by atoms with van der Waals surface area (Å²) in [5, 5.41) is 23.6. The lowest BCUT2D eigenvalue weighted by Gasteiger charge is -2.11. The van der Waals surface area contributed by atoms with Crippen molar-refractivity contribution < 1.29 is 24.6 Å². The molecule has 0 aliphatic carbocycles. The minimum Gasteiger partial charge on any atom is -0.448 e. The van der Waals surface area contributed by atoms with E-state index in [4.69, 9.17) is 10.4 Å². The first kappa shape index (κ1) is 11.4. The van der Waals surface area contributed by atoms with Crippen LogP contribution in [0.5, 0.6) is 0 Å². The molecule has 0 fully saturated rings. The van der Waals surface area contributed by atoms with Gasteiger partial charge >= 0.3 is 12.2 Å². The summed E-state index contributed by atoms with van der Waals surface area (Å²) in [5.41, 5.74) is 0. The molecule has 0 bridgehead atoms. The Morgan fingerprint density at radius 2 is 2.14 bits per heavy atom. The van der Waals surface area contributed by atoms with E-state index in [1.54, 1.807) is 0 Å². The molecule has 0 aromatic carbocycles. The number of urea groups is 1. The van der Waals surface area contributed by atoms with Gasteiger partial charge in [0, 0.05) is 5.12 Å². The van der Waals surface area contributed by atoms with Crippen molar-refractivity contribution in [1.29, 1.82) is 5.26 Å². The number of carbonyl (C=O) groups is 2. The minimum absolute atomic E-state index is 0.467. The van der Waals surface area contributed by atoms with Gasteiger partial charge in [-0.15, -0.1) is 0 Å². The summed E-state index contributed by atoms with van der Waals surface area (Å²) in [6.45, 7) is 0. The van der Waals surface area contributed by atoms with Gasteiger partial charge in [0.15, 0.2) is 5.03 Å². The quantitative estimate of drug-likeness (QED) is 0.135. The Morgan fingerprint density at radius 1 is 1.64 bits per heavy atom. The van der Waals surface area contributed by atoms with Crippen molar-refractivity contribution in [3.05, 3.63) is 10.1 Å². The van der Waals surface area contributed by atoms with E-state index in [0.29, 0.717) is 0 Å². The highest BCUT2D eigenvalue weighted by molar-refractivity contribution is 5.74. The van der Waals surface area contributed by atoms with Crippen molar-refractivity contribution in [2.75, 3.05) is 0 Å². The Balaban J connectivity index is 4.56. The van der Waals surface area contributed by atoms with Crippen LogP contribution in [-0.4, -0.2) is 32.5 Å². The number of nitriles is 1. The molecular formula is C3H3N5O6. The largest absolute Gasteiger partial charge is 0.532 e. The van der Waals surface area contributed by atoms with Crippen LogP contribution in [0.3, 0.4) is 0 Å². The molecule has 2 amide bonds. The highest BCUT2D eigenvalue weighted by Crippen LogP contribution is 1.95. The van der Waals surface area contributed by atoms with Crippen molar-refractivity contribution in [2.45, 2.75) is 0 Å². The summed E-state index contributed by atoms with van der Waals surface area (Å²) in [5.74, 6) is 4.53. The van der Waals surface area contributed by atoms with Gasteiger partial charge in [-0.05, 0) is 5.06 Å². The lowest BCUT2D eigenvalue weighted by Crippen LogP contribution is -2.48. The Hall–Kier alpha value is -2.61. The summed E-state index contributed by atoms with van der Waals surface area (Å²) < 4.78 is 0. The molecule has 14 heavy (non-hydrogen) atoms. The standard InChI is InChI=1S/C3H3N5O6/c4-1-6(14-3(10)11)2(9)7(5)8(12)13/h5H2,(H,10,11). The second-order valence-corrected chi connectivity index (χ2v) is 1.62. The SMILES string of the molecule is N#CN(OC(=O)O)C(=O)N(N)[N+](=O)[O-]. The van der Waals surface area contributed by atoms with E-state index in [1.807, 2.05) is 0 Å². The molecule has 11 heteroatoms. The van der Waals surface area contributed by atoms with Gasteiger partial charge < -0.3 is 5.11 Å². The molecule has 0 saturated heterocycles. The van der Waals surface area contributed by atoms with E-state index in [0.717, 1.165) is 6.19 Å². The Labute approximate surface area is 75.5 Å². The zero-order chi connectivity index (χ0) is 11.3. The van der Waals surface area contributed by atoms with E-state index in [-0.39, 0.29) is 0 Å². The monoisotopic (exact) mass is 205 g/mol. The number of hydrogen-bond donors (Lipinski definition) is 2. The van der Waals surface area contributed by atoms with Crippen LogP contribution in [0, 0.1) is 21.6 Å². The molecule has 0 rings (SSSR count). The second kappa shape index (κ2) is 4.42. The van der Waals surface area contributed by atoms with E-state index in [1.165, 1.54) is 0 Å². The third kappa shape index (κ3) is 2.79. The summed E-state index contributed by atoms with van der Waals surface area (Å²) in [6, 6.07) is -1.75. The first-order chi connectivity index (χ1) is 6.40. The topological polar surface area (TPSA) is 163 Å². The number of hydroxylamine groups is 2. The zero-order valence-electron chi connectivity index (χ0n) is 6.35. The van der Waals surface area contributed by atoms with E-state index >= 15 is 0 Å². The van der Waals surface area contributed by atoms with Crippen LogP contribution >= 0.6 is 0 Å². The van der Waals surface area contributed by atoms with Crippen LogP contribution in [0.25, 0.3) is 0 Å². The average Bonchev–Trinajstić information content (AvgIpc) is 2.11. The fraction of sp³-hybridized carbons (Fsp3) is 0. The molecular weight excluding hydrogens is 202 g/mol. The number of rotatable bonds is 1. The van der Waals surface area contributed by atoms with Crippen LogP contribution in [0.15, 0.2) is 0 Å². The van der Waals surface area contributed by atoms with Gasteiger partial charge in [-0.3, -0.25) is 4.84 Å². The van der Waals surface area contributed by atoms with Crippen molar-refractivity contribution >= 4 is 12.2 Å². The van der Waals surface area contributed by atoms with Gasteiger partial charge in [0.25, 0.3) is 0 Å². The maximum absolute atomic E-state index is 10.7. The lowest BCUT2D eigenvalue weighted by molar-refractivity contribution is -0.637. The average molecular weight is 205 g/mol. The lowest BCUT2D eigenvalue weighted by atomic mass is 10.9. The van der Waals surface area contributed by atoms with Crippen molar-refractivity contribution in [2.24, 2.45) is 5.84 Å². The normalized spacial score (nSPS) is 8.29. The third-order valence-electron chi connectivity index (χ3n) is 0.806. The number of hydrazine groups is 2. The van der Waals surface area contributed by atoms with Gasteiger partial charge in [0.05, 0.1) is 0 Å². The molecule has 3 N–H and O–H groups in total. The predicted molar refractivity (Wildman–Crippen MR) is 35.0 cm³/mol. The molecule has 0 aromatic rings. The van der Waals surface area contributed by atoms with Crippen molar-refractivity contribution in [3.8, 4) is 6.19 Å². The molecule has 0 radical (unpaired) electrons. The fourth-order valence-corrected chi connectivity index (χ4v) is 0.343. The number of nitro groups is 1. The molecule has 0 aliphatic rings. The highest BCUT2D eigenvalue weighted by atomic mass is 16.8. The predicted octanol–water partition coefficient (Wildman–Crippen LogP) is -1.13. The fourth-order valence-electron chi connectivity index (χ4n) is 0.343. The van der Waals surface area contributed by atoms with E-state index in [9.17, 15) is 19.7 Å². The molecule has 0 heterocycles. The Morgan fingerprint density at radius 3 is 2.43 bits per heavy atom. The number of nitrogens with zero attached hydrogens (tertiary/aromatic N) is 4. The van der Waals surface area contributed by atoms with Crippen LogP contribution in [-0.2, 0) is 4.84 Å². The zero-order valence-corrected chi connectivity index (χ0v) is 6.35. The summed E-state index contributed by atoms with van der Waals surface area (Å²) in [6.07, 6.45) is -1.07. The number of amides is 2. The Bertz CT molecular complexity index is 307. The molecule has 0 atom stereocenters. The molecule has 0 aromatic heterocycles.